The molecule has 0 atom stereocenters. The highest BCUT2D eigenvalue weighted by atomic mass is 16.2. The van der Waals surface area contributed by atoms with Gasteiger partial charge in [-0.15, -0.1) is 0 Å². The van der Waals surface area contributed by atoms with Gasteiger partial charge in [0.25, 0.3) is 0 Å². The molecule has 1 amide bonds. The van der Waals surface area contributed by atoms with Crippen molar-refractivity contribution in [1.29, 1.82) is 0 Å². The van der Waals surface area contributed by atoms with Crippen LogP contribution in [0.3, 0.4) is 0 Å². The molecule has 0 aliphatic rings. The summed E-state index contributed by atoms with van der Waals surface area (Å²) < 4.78 is 0. The summed E-state index contributed by atoms with van der Waals surface area (Å²) in [5.41, 5.74) is 1.83. The number of hydrogen-bond donors (Lipinski definition) is 1. The van der Waals surface area contributed by atoms with Gasteiger partial charge in [-0.3, -0.25) is 4.79 Å². The highest BCUT2D eigenvalue weighted by molar-refractivity contribution is 5.91. The molecule has 0 saturated carbocycles. The van der Waals surface area contributed by atoms with Gasteiger partial charge in [0.2, 0.25) is 5.91 Å². The van der Waals surface area contributed by atoms with Crippen molar-refractivity contribution in [3.05, 3.63) is 48.3 Å². The number of aromatic amines is 1. The number of nitrogens with one attached hydrogen (secondary N) is 1. The lowest BCUT2D eigenvalue weighted by Crippen LogP contribution is -2.18. The molecule has 0 fully saturated rings. The molecule has 0 aliphatic carbocycles. The summed E-state index contributed by atoms with van der Waals surface area (Å²) in [6.45, 7) is 0. The van der Waals surface area contributed by atoms with Gasteiger partial charge < -0.3 is 9.88 Å². The number of likely N-dealkylation sites (N-methyl/N-ethyl adjacent to an activating group) is 1. The summed E-state index contributed by atoms with van der Waals surface area (Å²) in [5.74, 6) is 0.749. The van der Waals surface area contributed by atoms with Gasteiger partial charge in [0.05, 0.1) is 11.9 Å². The van der Waals surface area contributed by atoms with E-state index in [1.165, 1.54) is 11.0 Å². The second-order valence-corrected chi connectivity index (χ2v) is 4.12. The van der Waals surface area contributed by atoms with Gasteiger partial charge in [-0.25, -0.2) is 4.98 Å². The van der Waals surface area contributed by atoms with Crippen LogP contribution < -0.4 is 0 Å². The van der Waals surface area contributed by atoms with Gasteiger partial charge in [-0.2, -0.15) is 0 Å². The average Bonchev–Trinajstić information content (AvgIpc) is 2.85. The Morgan fingerprint density at radius 1 is 1.28 bits per heavy atom. The van der Waals surface area contributed by atoms with Crippen molar-refractivity contribution in [1.82, 2.24) is 14.9 Å². The molecule has 0 bridgehead atoms. The molecule has 0 unspecified atom stereocenters. The third-order valence-corrected chi connectivity index (χ3v) is 2.49. The van der Waals surface area contributed by atoms with E-state index in [2.05, 4.69) is 9.97 Å². The van der Waals surface area contributed by atoms with Gasteiger partial charge in [0.1, 0.15) is 5.82 Å². The predicted molar refractivity (Wildman–Crippen MR) is 71.8 cm³/mol. The van der Waals surface area contributed by atoms with Gasteiger partial charge in [0, 0.05) is 25.7 Å². The number of carbonyl (C=O) groups is 1. The number of benzene rings is 1. The maximum atomic E-state index is 11.4. The van der Waals surface area contributed by atoms with E-state index in [4.69, 9.17) is 0 Å². The van der Waals surface area contributed by atoms with Crippen molar-refractivity contribution >= 4 is 12.0 Å². The van der Waals surface area contributed by atoms with Crippen molar-refractivity contribution in [2.24, 2.45) is 0 Å². The molecule has 1 N–H and O–H groups in total. The Kier molecular flexibility index (Phi) is 3.57. The normalized spacial score (nSPS) is 10.8. The first kappa shape index (κ1) is 12.1. The Hall–Kier alpha value is -2.36. The largest absolute Gasteiger partial charge is 0.345 e. The van der Waals surface area contributed by atoms with Crippen LogP contribution in [0.4, 0.5) is 0 Å². The second kappa shape index (κ2) is 5.31. The summed E-state index contributed by atoms with van der Waals surface area (Å²) in [4.78, 5) is 20.3. The molecule has 1 heterocycles. The van der Waals surface area contributed by atoms with Crippen LogP contribution in [-0.2, 0) is 4.79 Å². The lowest BCUT2D eigenvalue weighted by atomic mass is 10.2. The Morgan fingerprint density at radius 3 is 2.67 bits per heavy atom. The number of carbonyl (C=O) groups excluding carboxylic acids is 1. The van der Waals surface area contributed by atoms with Crippen molar-refractivity contribution in [3.8, 4) is 11.4 Å². The number of amides is 1. The first-order valence-corrected chi connectivity index (χ1v) is 5.66. The first-order valence-electron chi connectivity index (χ1n) is 5.66. The highest BCUT2D eigenvalue weighted by Crippen LogP contribution is 2.15. The summed E-state index contributed by atoms with van der Waals surface area (Å²) in [7, 11) is 3.43. The number of imidazole rings is 1. The Labute approximate surface area is 106 Å². The minimum atomic E-state index is -0.0501. The zero-order valence-electron chi connectivity index (χ0n) is 10.4. The van der Waals surface area contributed by atoms with E-state index < -0.39 is 0 Å². The topological polar surface area (TPSA) is 49.0 Å². The van der Waals surface area contributed by atoms with E-state index in [1.807, 2.05) is 30.3 Å². The fourth-order valence-electron chi connectivity index (χ4n) is 1.47. The molecule has 18 heavy (non-hydrogen) atoms. The standard InChI is InChI=1S/C14H15N3O/c1-17(2)13(18)9-8-12-10-15-14(16-12)11-6-4-3-5-7-11/h3-10H,1-2H3,(H,15,16). The number of rotatable bonds is 3. The van der Waals surface area contributed by atoms with Crippen molar-refractivity contribution < 1.29 is 4.79 Å². The van der Waals surface area contributed by atoms with Gasteiger partial charge in [0.15, 0.2) is 0 Å². The lowest BCUT2D eigenvalue weighted by molar-refractivity contribution is -0.123. The van der Waals surface area contributed by atoms with Gasteiger partial charge in [-0.1, -0.05) is 30.3 Å². The van der Waals surface area contributed by atoms with Crippen LogP contribution in [0, 0.1) is 0 Å². The molecule has 0 spiro atoms. The highest BCUT2D eigenvalue weighted by Gasteiger charge is 2.02. The summed E-state index contributed by atoms with van der Waals surface area (Å²) in [5, 5.41) is 0. The van der Waals surface area contributed by atoms with Crippen molar-refractivity contribution in [2.45, 2.75) is 0 Å². The van der Waals surface area contributed by atoms with Gasteiger partial charge in [-0.05, 0) is 6.08 Å². The SMILES string of the molecule is CN(C)C(=O)C=Cc1cnc(-c2ccccc2)[nH]1. The molecule has 92 valence electrons. The Bertz CT molecular complexity index is 555. The van der Waals surface area contributed by atoms with Crippen LogP contribution in [0.2, 0.25) is 0 Å². The summed E-state index contributed by atoms with van der Waals surface area (Å²) >= 11 is 0. The fraction of sp³-hybridized carbons (Fsp3) is 0.143. The van der Waals surface area contributed by atoms with Crippen LogP contribution in [0.25, 0.3) is 17.5 Å². The minimum absolute atomic E-state index is 0.0501. The van der Waals surface area contributed by atoms with Crippen molar-refractivity contribution in [3.63, 3.8) is 0 Å². The fourth-order valence-corrected chi connectivity index (χ4v) is 1.47. The van der Waals surface area contributed by atoms with Crippen LogP contribution in [-0.4, -0.2) is 34.9 Å². The van der Waals surface area contributed by atoms with E-state index >= 15 is 0 Å². The number of H-pyrrole nitrogens is 1. The Morgan fingerprint density at radius 2 is 2.00 bits per heavy atom. The molecule has 4 nitrogen and oxygen atoms in total. The number of hydrogen-bond acceptors (Lipinski definition) is 2. The summed E-state index contributed by atoms with van der Waals surface area (Å²) in [6, 6.07) is 9.85. The van der Waals surface area contributed by atoms with Crippen LogP contribution in [0.1, 0.15) is 5.69 Å². The number of nitrogens with zero attached hydrogens (tertiary/aromatic N) is 2. The number of aromatic nitrogens is 2. The third-order valence-electron chi connectivity index (χ3n) is 2.49. The van der Waals surface area contributed by atoms with Gasteiger partial charge >= 0.3 is 0 Å². The van der Waals surface area contributed by atoms with E-state index in [9.17, 15) is 4.79 Å². The Balaban J connectivity index is 2.14. The molecule has 2 aromatic rings. The average molecular weight is 241 g/mol. The molecular formula is C14H15N3O. The zero-order chi connectivity index (χ0) is 13.0. The molecular weight excluding hydrogens is 226 g/mol. The molecule has 2 rings (SSSR count). The smallest absolute Gasteiger partial charge is 0.246 e. The molecule has 4 heteroatoms. The quantitative estimate of drug-likeness (QED) is 0.837. The van der Waals surface area contributed by atoms with E-state index in [0.29, 0.717) is 0 Å². The maximum Gasteiger partial charge on any atom is 0.246 e. The third kappa shape index (κ3) is 2.85. The van der Waals surface area contributed by atoms with E-state index in [-0.39, 0.29) is 5.91 Å². The van der Waals surface area contributed by atoms with Crippen molar-refractivity contribution in [2.75, 3.05) is 14.1 Å². The summed E-state index contributed by atoms with van der Waals surface area (Å²) in [6.07, 6.45) is 4.95. The van der Waals surface area contributed by atoms with Crippen LogP contribution in [0.15, 0.2) is 42.6 Å². The van der Waals surface area contributed by atoms with Crippen LogP contribution >= 0.6 is 0 Å². The molecule has 0 radical (unpaired) electrons. The predicted octanol–water partition coefficient (Wildman–Crippen LogP) is 2.18. The second-order valence-electron chi connectivity index (χ2n) is 4.12. The zero-order valence-corrected chi connectivity index (χ0v) is 10.4. The van der Waals surface area contributed by atoms with E-state index in [0.717, 1.165) is 17.1 Å². The lowest BCUT2D eigenvalue weighted by Gasteiger charge is -2.04. The molecule has 1 aromatic carbocycles. The van der Waals surface area contributed by atoms with Crippen LogP contribution in [0.5, 0.6) is 0 Å². The minimum Gasteiger partial charge on any atom is -0.345 e. The first-order chi connectivity index (χ1) is 8.66. The molecule has 0 saturated heterocycles. The molecule has 0 aliphatic heterocycles. The van der Waals surface area contributed by atoms with E-state index in [1.54, 1.807) is 26.4 Å². The maximum absolute atomic E-state index is 11.4. The molecule has 1 aromatic heterocycles. The monoisotopic (exact) mass is 241 g/mol.